The number of hydrogen-bond donors (Lipinski definition) is 0. The third-order valence-corrected chi connectivity index (χ3v) is 7.34. The number of nitrogens with zero attached hydrogens (tertiary/aromatic N) is 2. The van der Waals surface area contributed by atoms with E-state index in [1.807, 2.05) is 0 Å². The van der Waals surface area contributed by atoms with Gasteiger partial charge in [0, 0.05) is 25.4 Å². The molecule has 1 fully saturated rings. The first-order valence-electron chi connectivity index (χ1n) is 10.2. The van der Waals surface area contributed by atoms with Gasteiger partial charge in [-0.1, -0.05) is 78.6 Å². The molecule has 2 nitrogen and oxygen atoms in total. The van der Waals surface area contributed by atoms with Gasteiger partial charge in [0.1, 0.15) is 4.32 Å². The first-order valence-corrected chi connectivity index (χ1v) is 11.6. The van der Waals surface area contributed by atoms with E-state index in [1.54, 1.807) is 11.8 Å². The SMILES string of the molecule is CN(C)Cc1ccc(C2CCC(N(C)C(=S)SCc3ccccc3)CC2)cc1.Cl. The molecule has 0 atom stereocenters. The third-order valence-electron chi connectivity index (χ3n) is 5.69. The van der Waals surface area contributed by atoms with Crippen molar-refractivity contribution in [2.45, 2.75) is 49.9 Å². The molecule has 0 amide bonds. The van der Waals surface area contributed by atoms with Crippen molar-refractivity contribution in [3.63, 3.8) is 0 Å². The molecule has 0 unspecified atom stereocenters. The van der Waals surface area contributed by atoms with Gasteiger partial charge in [-0.25, -0.2) is 0 Å². The van der Waals surface area contributed by atoms with Crippen LogP contribution in [0.25, 0.3) is 0 Å². The summed E-state index contributed by atoms with van der Waals surface area (Å²) in [6.45, 7) is 1.01. The van der Waals surface area contributed by atoms with Crippen molar-refractivity contribution in [3.05, 3.63) is 71.3 Å². The number of thiocarbonyl (C=S) groups is 1. The summed E-state index contributed by atoms with van der Waals surface area (Å²) in [7, 11) is 6.42. The van der Waals surface area contributed by atoms with Gasteiger partial charge in [-0.3, -0.25) is 0 Å². The van der Waals surface area contributed by atoms with Crippen LogP contribution in [-0.4, -0.2) is 41.3 Å². The Morgan fingerprint density at radius 3 is 2.10 bits per heavy atom. The molecule has 1 aliphatic carbocycles. The van der Waals surface area contributed by atoms with Crippen LogP contribution in [0.15, 0.2) is 54.6 Å². The van der Waals surface area contributed by atoms with Crippen LogP contribution in [0.3, 0.4) is 0 Å². The van der Waals surface area contributed by atoms with E-state index in [4.69, 9.17) is 12.2 Å². The Balaban J connectivity index is 0.00000300. The summed E-state index contributed by atoms with van der Waals surface area (Å²) in [5, 5.41) is 0. The molecule has 0 saturated heterocycles. The zero-order valence-electron chi connectivity index (χ0n) is 17.7. The zero-order chi connectivity index (χ0) is 19.9. The van der Waals surface area contributed by atoms with E-state index in [1.165, 1.54) is 42.4 Å². The summed E-state index contributed by atoms with van der Waals surface area (Å²) in [5.41, 5.74) is 4.23. The highest BCUT2D eigenvalue weighted by Gasteiger charge is 2.26. The van der Waals surface area contributed by atoms with E-state index < -0.39 is 0 Å². The summed E-state index contributed by atoms with van der Waals surface area (Å²) in [4.78, 5) is 4.56. The van der Waals surface area contributed by atoms with Gasteiger partial charge in [-0.05, 0) is 62.4 Å². The minimum absolute atomic E-state index is 0. The second kappa shape index (κ2) is 11.9. The van der Waals surface area contributed by atoms with Crippen molar-refractivity contribution in [1.29, 1.82) is 0 Å². The lowest BCUT2D eigenvalue weighted by molar-refractivity contribution is 0.267. The average molecular weight is 449 g/mol. The fourth-order valence-corrected chi connectivity index (χ4v) is 5.19. The number of benzene rings is 2. The highest BCUT2D eigenvalue weighted by atomic mass is 35.5. The summed E-state index contributed by atoms with van der Waals surface area (Å²) in [5.74, 6) is 1.65. The van der Waals surface area contributed by atoms with Crippen molar-refractivity contribution in [3.8, 4) is 0 Å². The monoisotopic (exact) mass is 448 g/mol. The van der Waals surface area contributed by atoms with Gasteiger partial charge in [0.15, 0.2) is 0 Å². The van der Waals surface area contributed by atoms with Gasteiger partial charge < -0.3 is 9.80 Å². The Morgan fingerprint density at radius 1 is 0.897 bits per heavy atom. The molecule has 2 aromatic carbocycles. The fraction of sp³-hybridized carbons (Fsp3) is 0.458. The first-order chi connectivity index (χ1) is 13.5. The molecule has 0 heterocycles. The summed E-state index contributed by atoms with van der Waals surface area (Å²) in [6, 6.07) is 20.4. The second-order valence-electron chi connectivity index (χ2n) is 8.14. The number of hydrogen-bond acceptors (Lipinski definition) is 3. The van der Waals surface area contributed by atoms with E-state index in [2.05, 4.69) is 85.5 Å². The highest BCUT2D eigenvalue weighted by Crippen LogP contribution is 2.35. The van der Waals surface area contributed by atoms with Crippen LogP contribution in [0.1, 0.15) is 48.3 Å². The molecular weight excluding hydrogens is 416 g/mol. The smallest absolute Gasteiger partial charge is 0.136 e. The molecule has 0 bridgehead atoms. The van der Waals surface area contributed by atoms with Crippen LogP contribution in [0.5, 0.6) is 0 Å². The summed E-state index contributed by atoms with van der Waals surface area (Å²) >= 11 is 7.50. The van der Waals surface area contributed by atoms with Crippen molar-refractivity contribution >= 4 is 40.7 Å². The van der Waals surface area contributed by atoms with Crippen molar-refractivity contribution in [2.24, 2.45) is 0 Å². The lowest BCUT2D eigenvalue weighted by atomic mass is 9.81. The van der Waals surface area contributed by atoms with Crippen LogP contribution in [-0.2, 0) is 12.3 Å². The molecule has 1 saturated carbocycles. The fourth-order valence-electron chi connectivity index (χ4n) is 4.03. The Bertz CT molecular complexity index is 741. The van der Waals surface area contributed by atoms with Gasteiger partial charge in [0.05, 0.1) is 0 Å². The largest absolute Gasteiger partial charge is 0.358 e. The molecule has 158 valence electrons. The Hall–Kier alpha value is -1.07. The maximum atomic E-state index is 5.71. The van der Waals surface area contributed by atoms with Crippen LogP contribution in [0, 0.1) is 0 Å². The quantitative estimate of drug-likeness (QED) is 0.475. The second-order valence-corrected chi connectivity index (χ2v) is 9.75. The number of rotatable bonds is 6. The van der Waals surface area contributed by atoms with Crippen LogP contribution < -0.4 is 0 Å². The first kappa shape index (κ1) is 24.2. The molecule has 1 aliphatic rings. The van der Waals surface area contributed by atoms with E-state index >= 15 is 0 Å². The van der Waals surface area contributed by atoms with E-state index in [-0.39, 0.29) is 12.4 Å². The molecule has 2 aromatic rings. The molecule has 0 spiro atoms. The number of halogens is 1. The minimum atomic E-state index is 0. The predicted octanol–water partition coefficient (Wildman–Crippen LogP) is 6.35. The Morgan fingerprint density at radius 2 is 1.52 bits per heavy atom. The topological polar surface area (TPSA) is 6.48 Å². The van der Waals surface area contributed by atoms with Crippen LogP contribution in [0.4, 0.5) is 0 Å². The lowest BCUT2D eigenvalue weighted by Gasteiger charge is -2.36. The molecule has 0 radical (unpaired) electrons. The van der Waals surface area contributed by atoms with E-state index in [9.17, 15) is 0 Å². The predicted molar refractivity (Wildman–Crippen MR) is 134 cm³/mol. The van der Waals surface area contributed by atoms with Crippen molar-refractivity contribution < 1.29 is 0 Å². The van der Waals surface area contributed by atoms with Gasteiger partial charge in [-0.2, -0.15) is 0 Å². The molecule has 29 heavy (non-hydrogen) atoms. The maximum Gasteiger partial charge on any atom is 0.136 e. The number of thioether (sulfide) groups is 1. The minimum Gasteiger partial charge on any atom is -0.358 e. The molecule has 0 aromatic heterocycles. The molecule has 0 aliphatic heterocycles. The average Bonchev–Trinajstić information content (AvgIpc) is 2.72. The summed E-state index contributed by atoms with van der Waals surface area (Å²) < 4.78 is 1.03. The third kappa shape index (κ3) is 7.29. The molecule has 5 heteroatoms. The van der Waals surface area contributed by atoms with Crippen LogP contribution in [0.2, 0.25) is 0 Å². The highest BCUT2D eigenvalue weighted by molar-refractivity contribution is 8.22. The summed E-state index contributed by atoms with van der Waals surface area (Å²) in [6.07, 6.45) is 4.97. The van der Waals surface area contributed by atoms with Gasteiger partial charge in [-0.15, -0.1) is 12.4 Å². The molecule has 3 rings (SSSR count). The molecule has 0 N–H and O–H groups in total. The van der Waals surface area contributed by atoms with E-state index in [0.29, 0.717) is 12.0 Å². The zero-order valence-corrected chi connectivity index (χ0v) is 20.2. The molecular formula is C24H33ClN2S2. The normalized spacial score (nSPS) is 18.9. The van der Waals surface area contributed by atoms with Crippen molar-refractivity contribution in [2.75, 3.05) is 21.1 Å². The standard InChI is InChI=1S/C24H32N2S2.ClH/c1-25(2)17-19-9-11-21(12-10-19)22-13-15-23(16-14-22)26(3)24(27)28-18-20-7-5-4-6-8-20;/h4-12,22-23H,13-18H2,1-3H3;1H. The van der Waals surface area contributed by atoms with Gasteiger partial charge in [0.25, 0.3) is 0 Å². The maximum absolute atomic E-state index is 5.71. The van der Waals surface area contributed by atoms with Crippen LogP contribution >= 0.6 is 36.4 Å². The van der Waals surface area contributed by atoms with Crippen molar-refractivity contribution in [1.82, 2.24) is 9.80 Å². The van der Waals surface area contributed by atoms with Gasteiger partial charge in [0.2, 0.25) is 0 Å². The lowest BCUT2D eigenvalue weighted by Crippen LogP contribution is -2.37. The van der Waals surface area contributed by atoms with Gasteiger partial charge >= 0.3 is 0 Å². The Labute approximate surface area is 192 Å². The van der Waals surface area contributed by atoms with E-state index in [0.717, 1.165) is 16.6 Å². The Kier molecular flexibility index (Phi) is 9.97.